The summed E-state index contributed by atoms with van der Waals surface area (Å²) in [5.41, 5.74) is 11.1. The van der Waals surface area contributed by atoms with Gasteiger partial charge in [-0.1, -0.05) is 0 Å². The number of hydrogen-bond donors (Lipinski definition) is 1. The van der Waals surface area contributed by atoms with Gasteiger partial charge in [0.25, 0.3) is 0 Å². The monoisotopic (exact) mass is 467 g/mol. The molecule has 0 amide bonds. The lowest BCUT2D eigenvalue weighted by Crippen LogP contribution is -2.04. The number of pyridine rings is 2. The molecule has 164 valence electrons. The second-order valence-electron chi connectivity index (χ2n) is 7.36. The number of fused-ring (bicyclic) bond motifs is 2. The average molecular weight is 468 g/mol. The maximum Gasteiger partial charge on any atom is 0.181 e. The van der Waals surface area contributed by atoms with E-state index in [1.54, 1.807) is 28.9 Å². The third-order valence-electron chi connectivity index (χ3n) is 5.21. The van der Waals surface area contributed by atoms with Crippen molar-refractivity contribution < 1.29 is 8.95 Å². The van der Waals surface area contributed by atoms with Gasteiger partial charge < -0.3 is 10.5 Å². The first-order valence-electron chi connectivity index (χ1n) is 9.84. The molecule has 5 rings (SSSR count). The molecule has 9 nitrogen and oxygen atoms in total. The standard InChI is InChI=1S/C21H21N7O2S2/c1-27-11-13-8-12(10-23-19(13)26-27)15-9-14(16-4-5-24-28(16)2)17-18(22)21(31-20(17)25-15)32(29)7-6-30-3/h4-5,8-11H,6-7,22H2,1-3H3. The van der Waals surface area contributed by atoms with Crippen LogP contribution in [0.1, 0.15) is 0 Å². The maximum atomic E-state index is 12.9. The van der Waals surface area contributed by atoms with Crippen LogP contribution in [0, 0.1) is 0 Å². The fourth-order valence-corrected chi connectivity index (χ4v) is 6.25. The predicted octanol–water partition coefficient (Wildman–Crippen LogP) is 2.98. The van der Waals surface area contributed by atoms with Crippen molar-refractivity contribution in [1.29, 1.82) is 0 Å². The van der Waals surface area contributed by atoms with Gasteiger partial charge in [0.15, 0.2) is 5.65 Å². The van der Waals surface area contributed by atoms with Crippen molar-refractivity contribution in [2.24, 2.45) is 14.1 Å². The number of thiophene rings is 1. The van der Waals surface area contributed by atoms with Gasteiger partial charge >= 0.3 is 0 Å². The van der Waals surface area contributed by atoms with E-state index < -0.39 is 10.8 Å². The number of nitrogen functional groups attached to an aromatic ring is 1. The molecule has 5 aromatic heterocycles. The Bertz CT molecular complexity index is 1480. The summed E-state index contributed by atoms with van der Waals surface area (Å²) < 4.78 is 22.1. The van der Waals surface area contributed by atoms with Gasteiger partial charge in [0.05, 0.1) is 40.2 Å². The minimum Gasteiger partial charge on any atom is -0.396 e. The molecule has 1 unspecified atom stereocenters. The molecule has 0 saturated carbocycles. The highest BCUT2D eigenvalue weighted by molar-refractivity contribution is 7.87. The maximum absolute atomic E-state index is 12.9. The lowest BCUT2D eigenvalue weighted by atomic mass is 10.0. The zero-order chi connectivity index (χ0) is 22.4. The second kappa shape index (κ2) is 8.08. The Morgan fingerprint density at radius 2 is 2.12 bits per heavy atom. The molecule has 0 fully saturated rings. The summed E-state index contributed by atoms with van der Waals surface area (Å²) in [5, 5.41) is 10.4. The van der Waals surface area contributed by atoms with E-state index in [9.17, 15) is 4.21 Å². The zero-order valence-corrected chi connectivity index (χ0v) is 19.4. The van der Waals surface area contributed by atoms with E-state index >= 15 is 0 Å². The first-order valence-corrected chi connectivity index (χ1v) is 12.0. The number of aryl methyl sites for hydroxylation is 2. The molecular formula is C21H21N7O2S2. The molecule has 0 bridgehead atoms. The summed E-state index contributed by atoms with van der Waals surface area (Å²) in [6, 6.07) is 5.94. The Morgan fingerprint density at radius 3 is 2.88 bits per heavy atom. The summed E-state index contributed by atoms with van der Waals surface area (Å²) in [6.07, 6.45) is 5.43. The van der Waals surface area contributed by atoms with Crippen LogP contribution in [0.15, 0.2) is 41.0 Å². The first-order chi connectivity index (χ1) is 15.5. The fraction of sp³-hybridized carbons (Fsp3) is 0.238. The lowest BCUT2D eigenvalue weighted by molar-refractivity contribution is 0.218. The zero-order valence-electron chi connectivity index (χ0n) is 17.8. The van der Waals surface area contributed by atoms with Crippen molar-refractivity contribution in [3.05, 3.63) is 36.8 Å². The highest BCUT2D eigenvalue weighted by Gasteiger charge is 2.22. The number of anilines is 1. The van der Waals surface area contributed by atoms with Gasteiger partial charge in [-0.2, -0.15) is 10.2 Å². The van der Waals surface area contributed by atoms with E-state index in [4.69, 9.17) is 15.5 Å². The van der Waals surface area contributed by atoms with Gasteiger partial charge in [0, 0.05) is 61.7 Å². The number of rotatable bonds is 6. The summed E-state index contributed by atoms with van der Waals surface area (Å²) in [4.78, 5) is 10.1. The molecular weight excluding hydrogens is 446 g/mol. The molecule has 0 aliphatic rings. The summed E-state index contributed by atoms with van der Waals surface area (Å²) in [5.74, 6) is 0.378. The number of ether oxygens (including phenoxy) is 1. The van der Waals surface area contributed by atoms with Gasteiger partial charge in [0.2, 0.25) is 0 Å². The molecule has 5 aromatic rings. The van der Waals surface area contributed by atoms with E-state index in [2.05, 4.69) is 15.2 Å². The molecule has 0 aromatic carbocycles. The number of methoxy groups -OCH3 is 1. The van der Waals surface area contributed by atoms with Gasteiger partial charge in [-0.3, -0.25) is 13.6 Å². The van der Waals surface area contributed by atoms with E-state index in [1.807, 2.05) is 38.5 Å². The predicted molar refractivity (Wildman–Crippen MR) is 127 cm³/mol. The van der Waals surface area contributed by atoms with Crippen molar-refractivity contribution >= 4 is 49.1 Å². The molecule has 0 spiro atoms. The van der Waals surface area contributed by atoms with E-state index in [0.717, 1.165) is 38.1 Å². The minimum atomic E-state index is -1.27. The Labute approximate surface area is 190 Å². The summed E-state index contributed by atoms with van der Waals surface area (Å²) in [6.45, 7) is 0.393. The van der Waals surface area contributed by atoms with Crippen LogP contribution in [0.2, 0.25) is 0 Å². The molecule has 11 heteroatoms. The second-order valence-corrected chi connectivity index (χ2v) is 10.1. The molecule has 2 N–H and O–H groups in total. The fourth-order valence-electron chi connectivity index (χ4n) is 3.68. The van der Waals surface area contributed by atoms with Crippen LogP contribution < -0.4 is 5.73 Å². The number of aromatic nitrogens is 6. The topological polar surface area (TPSA) is 114 Å². The minimum absolute atomic E-state index is 0.378. The van der Waals surface area contributed by atoms with Crippen LogP contribution in [0.25, 0.3) is 43.8 Å². The summed E-state index contributed by atoms with van der Waals surface area (Å²) in [7, 11) is 4.06. The van der Waals surface area contributed by atoms with Crippen molar-refractivity contribution in [2.75, 3.05) is 25.2 Å². The van der Waals surface area contributed by atoms with Crippen molar-refractivity contribution in [1.82, 2.24) is 29.5 Å². The SMILES string of the molecule is COCCS(=O)c1sc2nc(-c3cnc4nn(C)cc4c3)cc(-c3ccnn3C)c2c1N. The van der Waals surface area contributed by atoms with E-state index in [-0.39, 0.29) is 0 Å². The Kier molecular flexibility index (Phi) is 5.24. The molecule has 1 atom stereocenters. The third kappa shape index (κ3) is 3.48. The highest BCUT2D eigenvalue weighted by atomic mass is 32.2. The molecule has 0 aliphatic carbocycles. The van der Waals surface area contributed by atoms with Crippen LogP contribution in [-0.4, -0.2) is 53.2 Å². The van der Waals surface area contributed by atoms with Gasteiger partial charge in [0.1, 0.15) is 9.04 Å². The quantitative estimate of drug-likeness (QED) is 0.408. The molecule has 0 aliphatic heterocycles. The molecule has 5 heterocycles. The van der Waals surface area contributed by atoms with Crippen molar-refractivity contribution in [3.8, 4) is 22.5 Å². The largest absolute Gasteiger partial charge is 0.396 e. The Morgan fingerprint density at radius 1 is 1.28 bits per heavy atom. The molecule has 0 saturated heterocycles. The van der Waals surface area contributed by atoms with Crippen LogP contribution in [0.4, 0.5) is 5.69 Å². The van der Waals surface area contributed by atoms with Crippen molar-refractivity contribution in [3.63, 3.8) is 0 Å². The smallest absolute Gasteiger partial charge is 0.181 e. The molecule has 32 heavy (non-hydrogen) atoms. The van der Waals surface area contributed by atoms with Gasteiger partial charge in [-0.25, -0.2) is 9.97 Å². The Balaban J connectivity index is 1.74. The van der Waals surface area contributed by atoms with Crippen LogP contribution in [-0.2, 0) is 29.6 Å². The highest BCUT2D eigenvalue weighted by Crippen LogP contribution is 2.42. The number of nitrogens with two attached hydrogens (primary N) is 1. The average Bonchev–Trinajstić information content (AvgIpc) is 3.46. The van der Waals surface area contributed by atoms with Gasteiger partial charge in [-0.15, -0.1) is 11.3 Å². The number of nitrogens with zero attached hydrogens (tertiary/aromatic N) is 6. The summed E-state index contributed by atoms with van der Waals surface area (Å²) >= 11 is 1.36. The Hall–Kier alpha value is -3.15. The van der Waals surface area contributed by atoms with Crippen LogP contribution in [0.5, 0.6) is 0 Å². The van der Waals surface area contributed by atoms with E-state index in [1.165, 1.54) is 11.3 Å². The lowest BCUT2D eigenvalue weighted by Gasteiger charge is -2.09. The van der Waals surface area contributed by atoms with E-state index in [0.29, 0.717) is 27.9 Å². The van der Waals surface area contributed by atoms with Gasteiger partial charge in [-0.05, 0) is 18.2 Å². The van der Waals surface area contributed by atoms with Crippen LogP contribution in [0.3, 0.4) is 0 Å². The van der Waals surface area contributed by atoms with Crippen molar-refractivity contribution in [2.45, 2.75) is 4.21 Å². The third-order valence-corrected chi connectivity index (χ3v) is 8.08. The number of hydrogen-bond acceptors (Lipinski definition) is 8. The molecule has 0 radical (unpaired) electrons. The van der Waals surface area contributed by atoms with Crippen LogP contribution >= 0.6 is 11.3 Å². The first kappa shape index (κ1) is 20.7. The normalized spacial score (nSPS) is 12.7.